The van der Waals surface area contributed by atoms with Gasteiger partial charge in [0.05, 0.1) is 10.8 Å². The van der Waals surface area contributed by atoms with Crippen LogP contribution in [0.1, 0.15) is 65.2 Å². The van der Waals surface area contributed by atoms with Crippen LogP contribution in [0.25, 0.3) is 10.8 Å². The maximum Gasteiger partial charge on any atom is 0.172 e. The number of hydrogen-bond acceptors (Lipinski definition) is 4. The average molecular weight is 407 g/mol. The van der Waals surface area contributed by atoms with Gasteiger partial charge in [-0.05, 0) is 61.8 Å². The van der Waals surface area contributed by atoms with Gasteiger partial charge in [0.2, 0.25) is 0 Å². The van der Waals surface area contributed by atoms with E-state index in [1.54, 1.807) is 0 Å². The molecular formula is C26H34N2O2. The predicted octanol–water partition coefficient (Wildman–Crippen LogP) is 6.75. The second kappa shape index (κ2) is 7.25. The Kier molecular flexibility index (Phi) is 4.51. The highest BCUT2D eigenvalue weighted by Gasteiger charge is 2.35. The largest absolute Gasteiger partial charge is 0.470 e. The van der Waals surface area contributed by atoms with E-state index < -0.39 is 0 Å². The van der Waals surface area contributed by atoms with Crippen LogP contribution in [-0.4, -0.2) is 12.5 Å². The lowest BCUT2D eigenvalue weighted by Crippen LogP contribution is -2.40. The fraction of sp³-hybridized carbons (Fsp3) is 0.615. The fourth-order valence-corrected chi connectivity index (χ4v) is 6.11. The Morgan fingerprint density at radius 2 is 1.00 bits per heavy atom. The highest BCUT2D eigenvalue weighted by molar-refractivity contribution is 6.10. The number of nitrogens with one attached hydrogen (secondary N) is 2. The summed E-state index contributed by atoms with van der Waals surface area (Å²) in [6.07, 6.45) is 10.4. The first-order valence-corrected chi connectivity index (χ1v) is 12.1. The van der Waals surface area contributed by atoms with Gasteiger partial charge in [0, 0.05) is 23.2 Å². The summed E-state index contributed by atoms with van der Waals surface area (Å²) in [6, 6.07) is 8.75. The number of anilines is 2. The minimum Gasteiger partial charge on any atom is -0.470 e. The molecule has 2 aliphatic carbocycles. The second-order valence-electron chi connectivity index (χ2n) is 10.4. The molecule has 2 aromatic carbocycles. The van der Waals surface area contributed by atoms with Gasteiger partial charge >= 0.3 is 0 Å². The first-order chi connectivity index (χ1) is 14.7. The zero-order valence-corrected chi connectivity index (χ0v) is 18.2. The summed E-state index contributed by atoms with van der Waals surface area (Å²) in [5.74, 6) is 4.89. The summed E-state index contributed by atoms with van der Waals surface area (Å²) in [5, 5.41) is 9.79. The van der Waals surface area contributed by atoms with Crippen LogP contribution in [0.15, 0.2) is 24.3 Å². The lowest BCUT2D eigenvalue weighted by atomic mass is 9.81. The Labute approximate surface area is 179 Å². The SMILES string of the molecule is CC1CCC(C2Nc3ccc4c5c(ccc(c35)O2)NC(C2CCC(C)CC2)O4)CC1. The fourth-order valence-electron chi connectivity index (χ4n) is 6.11. The Morgan fingerprint density at radius 3 is 1.40 bits per heavy atom. The molecule has 0 radical (unpaired) electrons. The first kappa shape index (κ1) is 18.7. The molecule has 2 aromatic rings. The topological polar surface area (TPSA) is 42.5 Å². The zero-order chi connectivity index (χ0) is 20.2. The van der Waals surface area contributed by atoms with Gasteiger partial charge in [-0.2, -0.15) is 0 Å². The van der Waals surface area contributed by atoms with Gasteiger partial charge in [-0.3, -0.25) is 0 Å². The Morgan fingerprint density at radius 1 is 0.600 bits per heavy atom. The summed E-state index contributed by atoms with van der Waals surface area (Å²) in [4.78, 5) is 0. The van der Waals surface area contributed by atoms with Crippen molar-refractivity contribution in [1.29, 1.82) is 0 Å². The molecule has 4 aliphatic rings. The van der Waals surface area contributed by atoms with Crippen LogP contribution in [0, 0.1) is 23.7 Å². The third kappa shape index (κ3) is 3.11. The average Bonchev–Trinajstić information content (AvgIpc) is 2.78. The summed E-state index contributed by atoms with van der Waals surface area (Å²) < 4.78 is 13.0. The molecule has 4 heteroatoms. The lowest BCUT2D eigenvalue weighted by Gasteiger charge is -2.39. The van der Waals surface area contributed by atoms with Gasteiger partial charge in [0.25, 0.3) is 0 Å². The number of rotatable bonds is 2. The molecule has 2 N–H and O–H groups in total. The molecular weight excluding hydrogens is 372 g/mol. The Balaban J connectivity index is 1.28. The molecule has 0 amide bonds. The van der Waals surface area contributed by atoms with Crippen molar-refractivity contribution in [1.82, 2.24) is 0 Å². The molecule has 30 heavy (non-hydrogen) atoms. The smallest absolute Gasteiger partial charge is 0.172 e. The van der Waals surface area contributed by atoms with E-state index in [9.17, 15) is 0 Å². The highest BCUT2D eigenvalue weighted by atomic mass is 16.5. The molecule has 0 bridgehead atoms. The van der Waals surface area contributed by atoms with Crippen molar-refractivity contribution < 1.29 is 9.47 Å². The van der Waals surface area contributed by atoms with Gasteiger partial charge in [-0.15, -0.1) is 0 Å². The van der Waals surface area contributed by atoms with Crippen LogP contribution in [0.2, 0.25) is 0 Å². The van der Waals surface area contributed by atoms with E-state index >= 15 is 0 Å². The molecule has 2 atom stereocenters. The Hall–Kier alpha value is -2.10. The molecule has 0 saturated heterocycles. The van der Waals surface area contributed by atoms with Crippen LogP contribution in [0.3, 0.4) is 0 Å². The third-order valence-corrected chi connectivity index (χ3v) is 8.16. The molecule has 4 nitrogen and oxygen atoms in total. The molecule has 2 unspecified atom stereocenters. The maximum absolute atomic E-state index is 6.52. The molecule has 2 aliphatic heterocycles. The minimum absolute atomic E-state index is 0.0821. The van der Waals surface area contributed by atoms with E-state index in [1.165, 1.54) is 73.5 Å². The van der Waals surface area contributed by atoms with Crippen molar-refractivity contribution in [2.75, 3.05) is 10.6 Å². The van der Waals surface area contributed by atoms with E-state index in [4.69, 9.17) is 9.47 Å². The molecule has 2 heterocycles. The van der Waals surface area contributed by atoms with E-state index in [1.807, 2.05) is 0 Å². The quantitative estimate of drug-likeness (QED) is 0.579. The summed E-state index contributed by atoms with van der Waals surface area (Å²) in [6.45, 7) is 4.74. The molecule has 2 saturated carbocycles. The van der Waals surface area contributed by atoms with Crippen molar-refractivity contribution >= 4 is 22.1 Å². The standard InChI is InChI=1S/C26H34N2O2/c1-15-3-7-17(8-4-15)25-27-19-11-14-22-24-20(12-13-21(29-25)23(19)24)28-26(30-22)18-9-5-16(2)6-10-18/h11-18,25-28H,3-10H2,1-2H3. The maximum atomic E-state index is 6.52. The van der Waals surface area contributed by atoms with Crippen LogP contribution in [0.5, 0.6) is 11.5 Å². The lowest BCUT2D eigenvalue weighted by molar-refractivity contribution is 0.114. The van der Waals surface area contributed by atoms with Crippen LogP contribution in [-0.2, 0) is 0 Å². The van der Waals surface area contributed by atoms with Crippen molar-refractivity contribution in [2.45, 2.75) is 77.7 Å². The minimum atomic E-state index is 0.0821. The van der Waals surface area contributed by atoms with Crippen molar-refractivity contribution in [3.8, 4) is 11.5 Å². The second-order valence-corrected chi connectivity index (χ2v) is 10.4. The predicted molar refractivity (Wildman–Crippen MR) is 122 cm³/mol. The van der Waals surface area contributed by atoms with Gasteiger partial charge < -0.3 is 20.1 Å². The van der Waals surface area contributed by atoms with E-state index in [-0.39, 0.29) is 12.5 Å². The van der Waals surface area contributed by atoms with Crippen LogP contribution >= 0.6 is 0 Å². The zero-order valence-electron chi connectivity index (χ0n) is 18.2. The number of hydrogen-bond donors (Lipinski definition) is 2. The monoisotopic (exact) mass is 406 g/mol. The van der Waals surface area contributed by atoms with Crippen LogP contribution < -0.4 is 20.1 Å². The molecule has 0 spiro atoms. The summed E-state index contributed by atoms with van der Waals surface area (Å²) >= 11 is 0. The van der Waals surface area contributed by atoms with Crippen molar-refractivity contribution in [3.63, 3.8) is 0 Å². The molecule has 2 fully saturated rings. The first-order valence-electron chi connectivity index (χ1n) is 12.1. The third-order valence-electron chi connectivity index (χ3n) is 8.16. The van der Waals surface area contributed by atoms with Gasteiger partial charge in [0.15, 0.2) is 12.5 Å². The summed E-state index contributed by atoms with van der Waals surface area (Å²) in [7, 11) is 0. The van der Waals surface area contributed by atoms with Gasteiger partial charge in [0.1, 0.15) is 11.5 Å². The van der Waals surface area contributed by atoms with E-state index in [0.717, 1.165) is 23.3 Å². The summed E-state index contributed by atoms with van der Waals surface area (Å²) in [5.41, 5.74) is 2.38. The van der Waals surface area contributed by atoms with Gasteiger partial charge in [-0.25, -0.2) is 0 Å². The van der Waals surface area contributed by atoms with Crippen molar-refractivity contribution in [2.24, 2.45) is 23.7 Å². The number of benzene rings is 2. The number of ether oxygens (including phenoxy) is 2. The molecule has 0 aromatic heterocycles. The molecule has 160 valence electrons. The normalized spacial score (nSPS) is 35.0. The van der Waals surface area contributed by atoms with Crippen LogP contribution in [0.4, 0.5) is 11.4 Å². The molecule has 6 rings (SSSR count). The Bertz CT molecular complexity index is 814. The van der Waals surface area contributed by atoms with Crippen molar-refractivity contribution in [3.05, 3.63) is 24.3 Å². The highest BCUT2D eigenvalue weighted by Crippen LogP contribution is 2.49. The van der Waals surface area contributed by atoms with E-state index in [0.29, 0.717) is 11.8 Å². The van der Waals surface area contributed by atoms with Gasteiger partial charge in [-0.1, -0.05) is 39.5 Å². The van der Waals surface area contributed by atoms with E-state index in [2.05, 4.69) is 48.7 Å².